The van der Waals surface area contributed by atoms with Crippen LogP contribution in [0.25, 0.3) is 5.69 Å². The molecule has 0 bridgehead atoms. The van der Waals surface area contributed by atoms with Gasteiger partial charge >= 0.3 is 0 Å². The Labute approximate surface area is 112 Å². The second kappa shape index (κ2) is 5.98. The zero-order valence-corrected chi connectivity index (χ0v) is 11.2. The Kier molecular flexibility index (Phi) is 4.33. The first-order chi connectivity index (χ1) is 8.70. The second-order valence-corrected chi connectivity index (χ2v) is 4.77. The van der Waals surface area contributed by atoms with Crippen LogP contribution in [0.2, 0.25) is 5.02 Å². The summed E-state index contributed by atoms with van der Waals surface area (Å²) in [6, 6.07) is 5.74. The molecule has 0 fully saturated rings. The van der Waals surface area contributed by atoms with Crippen molar-refractivity contribution in [3.05, 3.63) is 40.7 Å². The van der Waals surface area contributed by atoms with E-state index in [2.05, 4.69) is 10.3 Å². The first kappa shape index (κ1) is 13.1. The summed E-state index contributed by atoms with van der Waals surface area (Å²) >= 11 is 5.94. The maximum atomic E-state index is 5.94. The average molecular weight is 265 g/mol. The summed E-state index contributed by atoms with van der Waals surface area (Å²) in [6.45, 7) is 2.74. The predicted octanol–water partition coefficient (Wildman–Crippen LogP) is 2.51. The highest BCUT2D eigenvalue weighted by Crippen LogP contribution is 2.18. The van der Waals surface area contributed by atoms with Gasteiger partial charge in [-0.15, -0.1) is 5.10 Å². The lowest BCUT2D eigenvalue weighted by atomic mass is 10.2. The first-order valence-corrected chi connectivity index (χ1v) is 6.46. The first-order valence-electron chi connectivity index (χ1n) is 6.08. The van der Waals surface area contributed by atoms with E-state index >= 15 is 0 Å². The van der Waals surface area contributed by atoms with Gasteiger partial charge in [-0.1, -0.05) is 16.8 Å². The number of unbranched alkanes of at least 4 members (excludes halogenated alkanes) is 1. The third-order valence-corrected chi connectivity index (χ3v) is 3.07. The van der Waals surface area contributed by atoms with Gasteiger partial charge in [-0.25, -0.2) is 4.68 Å². The van der Waals surface area contributed by atoms with Gasteiger partial charge in [-0.3, -0.25) is 0 Å². The van der Waals surface area contributed by atoms with Crippen molar-refractivity contribution in [1.82, 2.24) is 15.0 Å². The topological polar surface area (TPSA) is 56.7 Å². The quantitative estimate of drug-likeness (QED) is 0.845. The van der Waals surface area contributed by atoms with Gasteiger partial charge in [0.25, 0.3) is 0 Å². The molecule has 96 valence electrons. The Balaban J connectivity index is 2.13. The lowest BCUT2D eigenvalue weighted by molar-refractivity contribution is 0.727. The Hall–Kier alpha value is -1.39. The molecule has 1 heterocycles. The van der Waals surface area contributed by atoms with E-state index in [0.717, 1.165) is 47.8 Å². The highest BCUT2D eigenvalue weighted by atomic mass is 35.5. The normalized spacial score (nSPS) is 10.8. The fraction of sp³-hybridized carbons (Fsp3) is 0.385. The van der Waals surface area contributed by atoms with E-state index in [4.69, 9.17) is 17.3 Å². The van der Waals surface area contributed by atoms with Crippen LogP contribution in [0, 0.1) is 6.92 Å². The number of hydrogen-bond acceptors (Lipinski definition) is 3. The molecule has 0 spiro atoms. The lowest BCUT2D eigenvalue weighted by Gasteiger charge is -2.04. The molecular weight excluding hydrogens is 248 g/mol. The molecule has 1 aromatic heterocycles. The van der Waals surface area contributed by atoms with Gasteiger partial charge in [0.2, 0.25) is 0 Å². The van der Waals surface area contributed by atoms with Crippen LogP contribution < -0.4 is 5.73 Å². The average Bonchev–Trinajstić information content (AvgIpc) is 2.78. The summed E-state index contributed by atoms with van der Waals surface area (Å²) in [5.74, 6) is 0. The van der Waals surface area contributed by atoms with Crippen molar-refractivity contribution in [2.45, 2.75) is 26.2 Å². The summed E-state index contributed by atoms with van der Waals surface area (Å²) < 4.78 is 1.80. The van der Waals surface area contributed by atoms with Crippen LogP contribution >= 0.6 is 11.6 Å². The number of nitrogens with two attached hydrogens (primary N) is 1. The molecule has 0 aliphatic rings. The molecule has 2 aromatic rings. The van der Waals surface area contributed by atoms with Crippen molar-refractivity contribution in [2.75, 3.05) is 6.54 Å². The molecule has 0 unspecified atom stereocenters. The van der Waals surface area contributed by atoms with Crippen LogP contribution in [0.4, 0.5) is 0 Å². The van der Waals surface area contributed by atoms with Crippen molar-refractivity contribution in [1.29, 1.82) is 0 Å². The number of benzene rings is 1. The Morgan fingerprint density at radius 3 is 2.89 bits per heavy atom. The molecule has 0 saturated carbocycles. The van der Waals surface area contributed by atoms with Gasteiger partial charge in [0, 0.05) is 5.02 Å². The summed E-state index contributed by atoms with van der Waals surface area (Å²) in [5, 5.41) is 9.05. The molecule has 0 atom stereocenters. The van der Waals surface area contributed by atoms with E-state index in [1.165, 1.54) is 0 Å². The van der Waals surface area contributed by atoms with Crippen molar-refractivity contribution < 1.29 is 0 Å². The van der Waals surface area contributed by atoms with Crippen molar-refractivity contribution in [3.8, 4) is 5.69 Å². The van der Waals surface area contributed by atoms with Crippen molar-refractivity contribution in [2.24, 2.45) is 5.73 Å². The van der Waals surface area contributed by atoms with Gasteiger partial charge in [-0.2, -0.15) is 0 Å². The van der Waals surface area contributed by atoms with E-state index in [0.29, 0.717) is 0 Å². The summed E-state index contributed by atoms with van der Waals surface area (Å²) in [7, 11) is 0. The largest absolute Gasteiger partial charge is 0.330 e. The molecule has 2 N–H and O–H groups in total. The number of aromatic nitrogens is 3. The molecule has 18 heavy (non-hydrogen) atoms. The SMILES string of the molecule is Cc1cc(Cl)ccc1-n1cc(CCCCN)nn1. The molecule has 0 amide bonds. The maximum Gasteiger partial charge on any atom is 0.0831 e. The van der Waals surface area contributed by atoms with Gasteiger partial charge in [0.05, 0.1) is 17.6 Å². The Morgan fingerprint density at radius 2 is 2.17 bits per heavy atom. The number of hydrogen-bond donors (Lipinski definition) is 1. The highest BCUT2D eigenvalue weighted by molar-refractivity contribution is 6.30. The van der Waals surface area contributed by atoms with Crippen molar-refractivity contribution >= 4 is 11.6 Å². The van der Waals surface area contributed by atoms with Gasteiger partial charge in [0.1, 0.15) is 0 Å². The Morgan fingerprint density at radius 1 is 1.33 bits per heavy atom. The number of aryl methyl sites for hydroxylation is 2. The predicted molar refractivity (Wildman–Crippen MR) is 73.1 cm³/mol. The summed E-state index contributed by atoms with van der Waals surface area (Å²) in [5.41, 5.74) is 8.56. The van der Waals surface area contributed by atoms with E-state index in [1.54, 1.807) is 4.68 Å². The molecule has 1 aromatic carbocycles. The molecule has 2 rings (SSSR count). The number of rotatable bonds is 5. The zero-order chi connectivity index (χ0) is 13.0. The fourth-order valence-corrected chi connectivity index (χ4v) is 2.08. The summed E-state index contributed by atoms with van der Waals surface area (Å²) in [4.78, 5) is 0. The van der Waals surface area contributed by atoms with Gasteiger partial charge in [-0.05, 0) is 56.5 Å². The minimum absolute atomic E-state index is 0.727. The third-order valence-electron chi connectivity index (χ3n) is 2.83. The smallest absolute Gasteiger partial charge is 0.0831 e. The maximum absolute atomic E-state index is 5.94. The van der Waals surface area contributed by atoms with Crippen LogP contribution in [-0.2, 0) is 6.42 Å². The van der Waals surface area contributed by atoms with E-state index in [-0.39, 0.29) is 0 Å². The zero-order valence-electron chi connectivity index (χ0n) is 10.4. The Bertz CT molecular complexity index is 521. The van der Waals surface area contributed by atoms with Crippen LogP contribution in [0.15, 0.2) is 24.4 Å². The standard InChI is InChI=1S/C13H17ClN4/c1-10-8-11(14)5-6-13(10)18-9-12(16-17-18)4-2-3-7-15/h5-6,8-9H,2-4,7,15H2,1H3. The van der Waals surface area contributed by atoms with Crippen LogP contribution in [0.3, 0.4) is 0 Å². The van der Waals surface area contributed by atoms with Gasteiger partial charge in [0.15, 0.2) is 0 Å². The third kappa shape index (κ3) is 3.09. The number of nitrogens with zero attached hydrogens (tertiary/aromatic N) is 3. The highest BCUT2D eigenvalue weighted by Gasteiger charge is 2.05. The monoisotopic (exact) mass is 264 g/mol. The number of halogens is 1. The van der Waals surface area contributed by atoms with Crippen LogP contribution in [-0.4, -0.2) is 21.5 Å². The molecule has 4 nitrogen and oxygen atoms in total. The molecule has 0 saturated heterocycles. The lowest BCUT2D eigenvalue weighted by Crippen LogP contribution is -1.99. The van der Waals surface area contributed by atoms with E-state index < -0.39 is 0 Å². The molecule has 0 aliphatic heterocycles. The minimum atomic E-state index is 0.727. The minimum Gasteiger partial charge on any atom is -0.330 e. The molecular formula is C13H17ClN4. The molecule has 0 aliphatic carbocycles. The fourth-order valence-electron chi connectivity index (χ4n) is 1.86. The summed E-state index contributed by atoms with van der Waals surface area (Å²) in [6.07, 6.45) is 4.96. The van der Waals surface area contributed by atoms with E-state index in [9.17, 15) is 0 Å². The van der Waals surface area contributed by atoms with Crippen molar-refractivity contribution in [3.63, 3.8) is 0 Å². The molecule has 5 heteroatoms. The second-order valence-electron chi connectivity index (χ2n) is 4.33. The van der Waals surface area contributed by atoms with Gasteiger partial charge < -0.3 is 5.73 Å². The van der Waals surface area contributed by atoms with Crippen LogP contribution in [0.1, 0.15) is 24.1 Å². The van der Waals surface area contributed by atoms with Crippen LogP contribution in [0.5, 0.6) is 0 Å². The van der Waals surface area contributed by atoms with E-state index in [1.807, 2.05) is 31.3 Å². The molecule has 0 radical (unpaired) electrons.